The van der Waals surface area contributed by atoms with Crippen molar-refractivity contribution in [2.75, 3.05) is 0 Å². The van der Waals surface area contributed by atoms with Crippen molar-refractivity contribution in [1.82, 2.24) is 0 Å². The van der Waals surface area contributed by atoms with Crippen LogP contribution in [0.4, 0.5) is 0 Å². The number of rotatable bonds is 16. The summed E-state index contributed by atoms with van der Waals surface area (Å²) in [5, 5.41) is 0. The van der Waals surface area contributed by atoms with Gasteiger partial charge < -0.3 is 0 Å². The number of hydrogen-bond acceptors (Lipinski definition) is 6. The van der Waals surface area contributed by atoms with E-state index in [9.17, 15) is 14.4 Å². The van der Waals surface area contributed by atoms with Crippen molar-refractivity contribution >= 4 is 37.5 Å². The van der Waals surface area contributed by atoms with Crippen molar-refractivity contribution in [3.05, 3.63) is 0 Å². The van der Waals surface area contributed by atoms with E-state index in [1.807, 2.05) is 20.8 Å². The third kappa shape index (κ3) is 13.1. The predicted molar refractivity (Wildman–Crippen MR) is 107 cm³/mol. The molecule has 27 heavy (non-hydrogen) atoms. The minimum absolute atomic E-state index is 0.228. The molecule has 0 aromatic carbocycles. The second kappa shape index (κ2) is 16.2. The quantitative estimate of drug-likeness (QED) is 0.214. The first-order valence-electron chi connectivity index (χ1n) is 10.6. The zero-order valence-electron chi connectivity index (χ0n) is 17.6. The normalized spacial score (nSPS) is 11.1. The summed E-state index contributed by atoms with van der Waals surface area (Å²) in [6.07, 6.45) is 8.83. The summed E-state index contributed by atoms with van der Waals surface area (Å²) in [4.78, 5) is 36.5. The van der Waals surface area contributed by atoms with Crippen LogP contribution in [-0.2, 0) is 23.6 Å². The first-order valence-corrected chi connectivity index (χ1v) is 16.1. The number of carbonyl (C=O) groups excluding carboxylic acids is 3. The van der Waals surface area contributed by atoms with E-state index in [-0.39, 0.29) is 19.3 Å². The molecular weight excluding hydrogens is 455 g/mol. The zero-order valence-corrected chi connectivity index (χ0v) is 20.5. The zero-order chi connectivity index (χ0) is 20.5. The SMILES string of the molecule is CCCCCCC[CH2][Sn]([O]C(=O)CCC)([O]C(=O)CCC)[O]C(=O)CCC. The van der Waals surface area contributed by atoms with E-state index in [0.29, 0.717) is 23.7 Å². The predicted octanol–water partition coefficient (Wildman–Crippen LogP) is 5.32. The van der Waals surface area contributed by atoms with E-state index in [1.54, 1.807) is 0 Å². The monoisotopic (exact) mass is 494 g/mol. The van der Waals surface area contributed by atoms with Gasteiger partial charge in [0.15, 0.2) is 0 Å². The van der Waals surface area contributed by atoms with Gasteiger partial charge in [0.25, 0.3) is 0 Å². The Morgan fingerprint density at radius 2 is 0.926 bits per heavy atom. The summed E-state index contributed by atoms with van der Waals surface area (Å²) < 4.78 is 17.3. The molecule has 0 rings (SSSR count). The molecular formula is C20H38O6Sn. The van der Waals surface area contributed by atoms with Crippen LogP contribution < -0.4 is 0 Å². The van der Waals surface area contributed by atoms with Crippen LogP contribution in [0.15, 0.2) is 0 Å². The topological polar surface area (TPSA) is 78.9 Å². The fraction of sp³-hybridized carbons (Fsp3) is 0.850. The van der Waals surface area contributed by atoms with E-state index in [0.717, 1.165) is 25.7 Å². The summed E-state index contributed by atoms with van der Waals surface area (Å²) in [5.74, 6) is -1.31. The molecule has 0 aromatic heterocycles. The van der Waals surface area contributed by atoms with Crippen LogP contribution >= 0.6 is 0 Å². The number of hydrogen-bond donors (Lipinski definition) is 0. The van der Waals surface area contributed by atoms with Crippen LogP contribution in [0.25, 0.3) is 0 Å². The van der Waals surface area contributed by atoms with Gasteiger partial charge in [0.05, 0.1) is 0 Å². The van der Waals surface area contributed by atoms with Gasteiger partial charge in [-0.05, 0) is 0 Å². The Balaban J connectivity index is 5.18. The Bertz CT molecular complexity index is 388. The van der Waals surface area contributed by atoms with Crippen LogP contribution in [0.1, 0.15) is 105 Å². The summed E-state index contributed by atoms with van der Waals surface area (Å²) in [6.45, 7) is 7.78. The third-order valence-corrected chi connectivity index (χ3v) is 11.4. The molecule has 0 saturated carbocycles. The summed E-state index contributed by atoms with van der Waals surface area (Å²) >= 11 is -4.62. The molecule has 7 heteroatoms. The van der Waals surface area contributed by atoms with E-state index in [4.69, 9.17) is 9.22 Å². The van der Waals surface area contributed by atoms with Crippen LogP contribution in [0.5, 0.6) is 0 Å². The van der Waals surface area contributed by atoms with Crippen molar-refractivity contribution in [3.8, 4) is 0 Å². The minimum atomic E-state index is -4.62. The fourth-order valence-corrected chi connectivity index (χ4v) is 9.65. The summed E-state index contributed by atoms with van der Waals surface area (Å²) in [5.41, 5.74) is 0. The maximum atomic E-state index is 12.2. The number of unbranched alkanes of at least 4 members (excludes halogenated alkanes) is 5. The molecule has 0 aromatic rings. The van der Waals surface area contributed by atoms with Crippen LogP contribution in [0, 0.1) is 0 Å². The summed E-state index contributed by atoms with van der Waals surface area (Å²) in [7, 11) is 0. The molecule has 0 amide bonds. The Morgan fingerprint density at radius 1 is 0.556 bits per heavy atom. The summed E-state index contributed by atoms with van der Waals surface area (Å²) in [6, 6.07) is 0. The molecule has 0 bridgehead atoms. The molecule has 0 aliphatic carbocycles. The second-order valence-corrected chi connectivity index (χ2v) is 13.9. The van der Waals surface area contributed by atoms with E-state index < -0.39 is 37.5 Å². The molecule has 158 valence electrons. The van der Waals surface area contributed by atoms with Gasteiger partial charge in [0.1, 0.15) is 0 Å². The van der Waals surface area contributed by atoms with Gasteiger partial charge in [-0.2, -0.15) is 0 Å². The first kappa shape index (κ1) is 26.2. The van der Waals surface area contributed by atoms with Gasteiger partial charge in [-0.25, -0.2) is 0 Å². The maximum absolute atomic E-state index is 12.2. The fourth-order valence-electron chi connectivity index (χ4n) is 2.62. The van der Waals surface area contributed by atoms with E-state index in [2.05, 4.69) is 6.92 Å². The van der Waals surface area contributed by atoms with Crippen molar-refractivity contribution < 1.29 is 23.6 Å². The molecule has 0 unspecified atom stereocenters. The Morgan fingerprint density at radius 3 is 1.30 bits per heavy atom. The first-order chi connectivity index (χ1) is 12.9. The van der Waals surface area contributed by atoms with Gasteiger partial charge in [-0.15, -0.1) is 0 Å². The van der Waals surface area contributed by atoms with Gasteiger partial charge in [-0.1, -0.05) is 0 Å². The Kier molecular flexibility index (Phi) is 15.7. The molecule has 0 saturated heterocycles. The molecule has 0 aliphatic rings. The molecule has 0 fully saturated rings. The molecule has 6 nitrogen and oxygen atoms in total. The van der Waals surface area contributed by atoms with Crippen molar-refractivity contribution in [2.45, 2.75) is 109 Å². The van der Waals surface area contributed by atoms with Gasteiger partial charge in [0.2, 0.25) is 0 Å². The van der Waals surface area contributed by atoms with Gasteiger partial charge in [0, 0.05) is 0 Å². The van der Waals surface area contributed by atoms with E-state index in [1.165, 1.54) is 12.8 Å². The van der Waals surface area contributed by atoms with Crippen molar-refractivity contribution in [3.63, 3.8) is 0 Å². The number of carbonyl (C=O) groups is 3. The second-order valence-electron chi connectivity index (χ2n) is 6.87. The van der Waals surface area contributed by atoms with Crippen molar-refractivity contribution in [1.29, 1.82) is 0 Å². The Labute approximate surface area is 170 Å². The van der Waals surface area contributed by atoms with Gasteiger partial charge in [-0.3, -0.25) is 0 Å². The van der Waals surface area contributed by atoms with Crippen LogP contribution in [0.2, 0.25) is 4.44 Å². The molecule has 0 atom stereocenters. The Hall–Kier alpha value is -0.791. The molecule has 0 aliphatic heterocycles. The molecule has 0 radical (unpaired) electrons. The average molecular weight is 493 g/mol. The van der Waals surface area contributed by atoms with E-state index >= 15 is 0 Å². The van der Waals surface area contributed by atoms with Crippen molar-refractivity contribution in [2.24, 2.45) is 0 Å². The van der Waals surface area contributed by atoms with Gasteiger partial charge >= 0.3 is 170 Å². The molecule has 0 N–H and O–H groups in total. The van der Waals surface area contributed by atoms with Crippen LogP contribution in [-0.4, -0.2) is 37.5 Å². The average Bonchev–Trinajstić information content (AvgIpc) is 2.58. The van der Waals surface area contributed by atoms with Crippen LogP contribution in [0.3, 0.4) is 0 Å². The third-order valence-electron chi connectivity index (χ3n) is 4.01. The molecule has 0 spiro atoms. The standard InChI is InChI=1S/C8H17.3C4H8O2.Sn/c1-3-5-7-8-6-4-2;3*1-2-3-4(5)6;/h1,3-8H2,2H3;3*2-3H2,1H3,(H,5,6);/q;;;;+3/p-3. The molecule has 0 heterocycles.